The second kappa shape index (κ2) is 8.18. The number of carbonyl (C=O) groups excluding carboxylic acids is 1. The van der Waals surface area contributed by atoms with Crippen molar-refractivity contribution in [1.29, 1.82) is 0 Å². The number of anilines is 1. The van der Waals surface area contributed by atoms with Gasteiger partial charge in [-0.3, -0.25) is 9.69 Å². The van der Waals surface area contributed by atoms with Crippen LogP contribution in [0.3, 0.4) is 0 Å². The van der Waals surface area contributed by atoms with Gasteiger partial charge in [-0.25, -0.2) is 0 Å². The summed E-state index contributed by atoms with van der Waals surface area (Å²) in [5.41, 5.74) is 2.03. The Kier molecular flexibility index (Phi) is 6.89. The molecule has 0 aliphatic heterocycles. The molecule has 0 saturated heterocycles. The van der Waals surface area contributed by atoms with Crippen molar-refractivity contribution in [3.05, 3.63) is 29.8 Å². The molecule has 3 nitrogen and oxygen atoms in total. The fourth-order valence-corrected chi connectivity index (χ4v) is 1.93. The summed E-state index contributed by atoms with van der Waals surface area (Å²) in [7, 11) is 0. The van der Waals surface area contributed by atoms with Crippen LogP contribution in [-0.4, -0.2) is 29.8 Å². The molecule has 1 unspecified atom stereocenters. The van der Waals surface area contributed by atoms with Crippen molar-refractivity contribution in [2.24, 2.45) is 5.92 Å². The zero-order valence-electron chi connectivity index (χ0n) is 11.9. The van der Waals surface area contributed by atoms with Crippen LogP contribution in [0, 0.1) is 5.92 Å². The molecule has 1 aromatic carbocycles. The Bertz CT molecular complexity index is 405. The number of halogens is 1. The number of hydrogen-bond acceptors (Lipinski definition) is 2. The summed E-state index contributed by atoms with van der Waals surface area (Å²) in [6.45, 7) is 8.95. The Morgan fingerprint density at radius 2 is 1.95 bits per heavy atom. The Morgan fingerprint density at radius 3 is 2.53 bits per heavy atom. The highest BCUT2D eigenvalue weighted by Crippen LogP contribution is 2.18. The summed E-state index contributed by atoms with van der Waals surface area (Å²) >= 11 is 5.71. The third kappa shape index (κ3) is 4.84. The Hall–Kier alpha value is -1.06. The van der Waals surface area contributed by atoms with Crippen LogP contribution < -0.4 is 5.32 Å². The standard InChI is InChI=1S/C15H23ClN2O/c1-4-18(5-2)11-13-8-6-7-9-14(13)17-15(19)12(3)10-16/h6-9,12H,4-5,10-11H2,1-3H3,(H,17,19). The third-order valence-corrected chi connectivity index (χ3v) is 3.71. The van der Waals surface area contributed by atoms with Crippen molar-refractivity contribution >= 4 is 23.2 Å². The summed E-state index contributed by atoms with van der Waals surface area (Å²) in [6, 6.07) is 7.93. The fourth-order valence-electron chi connectivity index (χ4n) is 1.79. The van der Waals surface area contributed by atoms with Gasteiger partial charge in [0, 0.05) is 24.0 Å². The molecule has 1 atom stereocenters. The van der Waals surface area contributed by atoms with Gasteiger partial charge in [-0.05, 0) is 24.7 Å². The minimum atomic E-state index is -0.178. The lowest BCUT2D eigenvalue weighted by atomic mass is 10.1. The molecule has 0 heterocycles. The Labute approximate surface area is 120 Å². The van der Waals surface area contributed by atoms with Gasteiger partial charge in [0.2, 0.25) is 5.91 Å². The maximum atomic E-state index is 11.9. The van der Waals surface area contributed by atoms with Crippen molar-refractivity contribution in [3.63, 3.8) is 0 Å². The fraction of sp³-hybridized carbons (Fsp3) is 0.533. The minimum absolute atomic E-state index is 0.0259. The third-order valence-electron chi connectivity index (χ3n) is 3.24. The number of benzene rings is 1. The molecule has 0 aliphatic rings. The Morgan fingerprint density at radius 1 is 1.32 bits per heavy atom. The van der Waals surface area contributed by atoms with Crippen molar-refractivity contribution in [1.82, 2.24) is 4.90 Å². The van der Waals surface area contributed by atoms with Crippen molar-refractivity contribution in [2.75, 3.05) is 24.3 Å². The van der Waals surface area contributed by atoms with E-state index in [4.69, 9.17) is 11.6 Å². The SMILES string of the molecule is CCN(CC)Cc1ccccc1NC(=O)C(C)CCl. The molecule has 1 aromatic rings. The number of alkyl halides is 1. The zero-order chi connectivity index (χ0) is 14.3. The first-order valence-corrected chi connectivity index (χ1v) is 7.32. The van der Waals surface area contributed by atoms with Crippen LogP contribution in [0.1, 0.15) is 26.3 Å². The predicted octanol–water partition coefficient (Wildman–Crippen LogP) is 3.34. The average Bonchev–Trinajstić information content (AvgIpc) is 2.45. The lowest BCUT2D eigenvalue weighted by Crippen LogP contribution is -2.25. The highest BCUT2D eigenvalue weighted by Gasteiger charge is 2.13. The van der Waals surface area contributed by atoms with E-state index in [0.29, 0.717) is 5.88 Å². The van der Waals surface area contributed by atoms with E-state index in [1.165, 1.54) is 0 Å². The first-order valence-electron chi connectivity index (χ1n) is 6.79. The van der Waals surface area contributed by atoms with Gasteiger partial charge < -0.3 is 5.32 Å². The van der Waals surface area contributed by atoms with Crippen LogP contribution in [0.4, 0.5) is 5.69 Å². The van der Waals surface area contributed by atoms with Crippen molar-refractivity contribution < 1.29 is 4.79 Å². The second-order valence-corrected chi connectivity index (χ2v) is 4.97. The van der Waals surface area contributed by atoms with E-state index >= 15 is 0 Å². The van der Waals surface area contributed by atoms with Crippen LogP contribution in [0.15, 0.2) is 24.3 Å². The van der Waals surface area contributed by atoms with Crippen LogP contribution in [-0.2, 0) is 11.3 Å². The molecule has 0 aromatic heterocycles. The van der Waals surface area contributed by atoms with Crippen molar-refractivity contribution in [2.45, 2.75) is 27.3 Å². The number of carbonyl (C=O) groups is 1. The van der Waals surface area contributed by atoms with E-state index in [0.717, 1.165) is 30.9 Å². The van der Waals surface area contributed by atoms with E-state index in [9.17, 15) is 4.79 Å². The highest BCUT2D eigenvalue weighted by atomic mass is 35.5. The predicted molar refractivity (Wildman–Crippen MR) is 81.6 cm³/mol. The topological polar surface area (TPSA) is 32.3 Å². The van der Waals surface area contributed by atoms with E-state index in [1.54, 1.807) is 0 Å². The molecule has 0 saturated carbocycles. The number of amides is 1. The maximum absolute atomic E-state index is 11.9. The molecule has 0 bridgehead atoms. The van der Waals surface area contributed by atoms with E-state index in [1.807, 2.05) is 25.1 Å². The largest absolute Gasteiger partial charge is 0.326 e. The second-order valence-electron chi connectivity index (χ2n) is 4.66. The van der Waals surface area contributed by atoms with Gasteiger partial charge in [0.1, 0.15) is 0 Å². The average molecular weight is 283 g/mol. The molecular weight excluding hydrogens is 260 g/mol. The van der Waals surface area contributed by atoms with Crippen LogP contribution in [0.5, 0.6) is 0 Å². The van der Waals surface area contributed by atoms with Crippen LogP contribution >= 0.6 is 11.6 Å². The van der Waals surface area contributed by atoms with Gasteiger partial charge in [-0.15, -0.1) is 11.6 Å². The number of nitrogens with one attached hydrogen (secondary N) is 1. The molecule has 1 N–H and O–H groups in total. The summed E-state index contributed by atoms with van der Waals surface area (Å²) in [4.78, 5) is 14.2. The minimum Gasteiger partial charge on any atom is -0.326 e. The molecule has 0 radical (unpaired) electrons. The maximum Gasteiger partial charge on any atom is 0.228 e. The van der Waals surface area contributed by atoms with Gasteiger partial charge in [-0.1, -0.05) is 39.0 Å². The molecule has 0 aliphatic carbocycles. The molecule has 19 heavy (non-hydrogen) atoms. The molecular formula is C15H23ClN2O. The van der Waals surface area contributed by atoms with Gasteiger partial charge >= 0.3 is 0 Å². The molecule has 0 fully saturated rings. The van der Waals surface area contributed by atoms with Gasteiger partial charge in [0.25, 0.3) is 0 Å². The van der Waals surface area contributed by atoms with Crippen LogP contribution in [0.2, 0.25) is 0 Å². The van der Waals surface area contributed by atoms with Gasteiger partial charge in [0.05, 0.1) is 0 Å². The lowest BCUT2D eigenvalue weighted by molar-refractivity contribution is -0.118. The van der Waals surface area contributed by atoms with Crippen LogP contribution in [0.25, 0.3) is 0 Å². The summed E-state index contributed by atoms with van der Waals surface area (Å²) in [5.74, 6) is 0.134. The van der Waals surface area contributed by atoms with E-state index < -0.39 is 0 Å². The number of hydrogen-bond donors (Lipinski definition) is 1. The lowest BCUT2D eigenvalue weighted by Gasteiger charge is -2.20. The molecule has 0 spiro atoms. The quantitative estimate of drug-likeness (QED) is 0.778. The van der Waals surface area contributed by atoms with Gasteiger partial charge in [0.15, 0.2) is 0 Å². The number of para-hydroxylation sites is 1. The first kappa shape index (κ1) is 16.0. The highest BCUT2D eigenvalue weighted by molar-refractivity contribution is 6.19. The summed E-state index contributed by atoms with van der Waals surface area (Å²) in [6.07, 6.45) is 0. The zero-order valence-corrected chi connectivity index (χ0v) is 12.7. The smallest absolute Gasteiger partial charge is 0.228 e. The first-order chi connectivity index (χ1) is 9.12. The molecule has 1 amide bonds. The number of rotatable bonds is 7. The summed E-state index contributed by atoms with van der Waals surface area (Å²) < 4.78 is 0. The van der Waals surface area contributed by atoms with E-state index in [2.05, 4.69) is 30.1 Å². The van der Waals surface area contributed by atoms with E-state index in [-0.39, 0.29) is 11.8 Å². The van der Waals surface area contributed by atoms with Crippen molar-refractivity contribution in [3.8, 4) is 0 Å². The summed E-state index contributed by atoms with van der Waals surface area (Å²) in [5, 5.41) is 2.96. The molecule has 1 rings (SSSR count). The van der Waals surface area contributed by atoms with Gasteiger partial charge in [-0.2, -0.15) is 0 Å². The number of nitrogens with zero attached hydrogens (tertiary/aromatic N) is 1. The normalized spacial score (nSPS) is 12.5. The Balaban J connectivity index is 2.81. The monoisotopic (exact) mass is 282 g/mol. The molecule has 4 heteroatoms. The molecule has 106 valence electrons.